The molecule has 0 fully saturated rings. The van der Waals surface area contributed by atoms with Crippen molar-refractivity contribution in [2.24, 2.45) is 0 Å². The van der Waals surface area contributed by atoms with Crippen molar-refractivity contribution in [1.82, 2.24) is 10.3 Å². The summed E-state index contributed by atoms with van der Waals surface area (Å²) in [6.07, 6.45) is 0. The number of halogens is 1. The minimum atomic E-state index is -0.386. The molecule has 0 spiro atoms. The average Bonchev–Trinajstić information content (AvgIpc) is 2.61. The molecule has 1 heterocycles. The number of fused-ring (bicyclic) bond motifs is 1. The number of nitrogens with one attached hydrogen (secondary N) is 2. The van der Waals surface area contributed by atoms with Crippen LogP contribution >= 0.6 is 15.9 Å². The Morgan fingerprint density at radius 2 is 1.71 bits per heavy atom. The van der Waals surface area contributed by atoms with Crippen LogP contribution in [0.25, 0.3) is 10.9 Å². The Morgan fingerprint density at radius 1 is 0.958 bits per heavy atom. The number of hydrogen-bond acceptors (Lipinski definition) is 3. The van der Waals surface area contributed by atoms with E-state index in [0.29, 0.717) is 5.69 Å². The van der Waals surface area contributed by atoms with Crippen LogP contribution in [-0.4, -0.2) is 23.3 Å². The number of amides is 2. The molecule has 0 aliphatic rings. The van der Waals surface area contributed by atoms with E-state index in [1.807, 2.05) is 48.5 Å². The van der Waals surface area contributed by atoms with E-state index in [0.717, 1.165) is 15.4 Å². The number of nitrogens with zero attached hydrogens (tertiary/aromatic N) is 1. The first-order valence-corrected chi connectivity index (χ1v) is 8.11. The summed E-state index contributed by atoms with van der Waals surface area (Å²) in [5, 5.41) is 6.26. The molecule has 2 N–H and O–H groups in total. The topological polar surface area (TPSA) is 71.1 Å². The zero-order valence-corrected chi connectivity index (χ0v) is 14.2. The molecule has 3 aromatic rings. The van der Waals surface area contributed by atoms with Gasteiger partial charge in [0, 0.05) is 9.86 Å². The summed E-state index contributed by atoms with van der Waals surface area (Å²) >= 11 is 3.35. The van der Waals surface area contributed by atoms with Gasteiger partial charge in [-0.1, -0.05) is 36.4 Å². The van der Waals surface area contributed by atoms with E-state index in [-0.39, 0.29) is 24.1 Å². The van der Waals surface area contributed by atoms with Gasteiger partial charge in [-0.05, 0) is 40.2 Å². The molecular weight excluding hydrogens is 370 g/mol. The Balaban J connectivity index is 1.62. The third-order valence-corrected chi connectivity index (χ3v) is 4.08. The molecule has 2 aromatic carbocycles. The first-order chi connectivity index (χ1) is 11.6. The number of carbonyl (C=O) groups is 2. The smallest absolute Gasteiger partial charge is 0.270 e. The maximum Gasteiger partial charge on any atom is 0.270 e. The number of carbonyl (C=O) groups excluding carboxylic acids is 2. The van der Waals surface area contributed by atoms with Crippen LogP contribution in [0.5, 0.6) is 0 Å². The van der Waals surface area contributed by atoms with Crippen LogP contribution in [0.3, 0.4) is 0 Å². The number of aromatic nitrogens is 1. The van der Waals surface area contributed by atoms with Crippen molar-refractivity contribution in [3.05, 3.63) is 70.8 Å². The van der Waals surface area contributed by atoms with Crippen LogP contribution in [0.15, 0.2) is 65.1 Å². The van der Waals surface area contributed by atoms with Crippen molar-refractivity contribution in [3.63, 3.8) is 0 Å². The van der Waals surface area contributed by atoms with Crippen LogP contribution in [0.1, 0.15) is 10.5 Å². The monoisotopic (exact) mass is 383 g/mol. The lowest BCUT2D eigenvalue weighted by Gasteiger charge is -2.08. The van der Waals surface area contributed by atoms with E-state index in [1.54, 1.807) is 12.1 Å². The molecule has 0 saturated heterocycles. The third-order valence-electron chi connectivity index (χ3n) is 3.39. The Hall–Kier alpha value is -2.73. The van der Waals surface area contributed by atoms with E-state index in [9.17, 15) is 9.59 Å². The van der Waals surface area contributed by atoms with Gasteiger partial charge in [0.05, 0.1) is 17.7 Å². The summed E-state index contributed by atoms with van der Waals surface area (Å²) in [5.41, 5.74) is 1.67. The lowest BCUT2D eigenvalue weighted by Crippen LogP contribution is -2.33. The molecule has 0 bridgehead atoms. The van der Waals surface area contributed by atoms with E-state index in [4.69, 9.17) is 0 Å². The predicted molar refractivity (Wildman–Crippen MR) is 96.8 cm³/mol. The van der Waals surface area contributed by atoms with Crippen molar-refractivity contribution < 1.29 is 9.59 Å². The van der Waals surface area contributed by atoms with Gasteiger partial charge in [0.2, 0.25) is 5.91 Å². The maximum atomic E-state index is 12.1. The zero-order chi connectivity index (χ0) is 16.9. The summed E-state index contributed by atoms with van der Waals surface area (Å²) in [6, 6.07) is 18.3. The summed E-state index contributed by atoms with van der Waals surface area (Å²) < 4.78 is 0.779. The van der Waals surface area contributed by atoms with Gasteiger partial charge in [-0.15, -0.1) is 0 Å². The second kappa shape index (κ2) is 7.23. The second-order valence-corrected chi connectivity index (χ2v) is 5.95. The molecule has 0 unspecified atom stereocenters. The summed E-state index contributed by atoms with van der Waals surface area (Å²) in [4.78, 5) is 28.4. The lowest BCUT2D eigenvalue weighted by molar-refractivity contribution is -0.115. The molecule has 120 valence electrons. The minimum absolute atomic E-state index is 0.130. The highest BCUT2D eigenvalue weighted by Gasteiger charge is 2.11. The van der Waals surface area contributed by atoms with E-state index in [1.165, 1.54) is 0 Å². The van der Waals surface area contributed by atoms with Crippen LogP contribution < -0.4 is 10.6 Å². The summed E-state index contributed by atoms with van der Waals surface area (Å²) in [6.45, 7) is -0.130. The number of benzene rings is 2. The van der Waals surface area contributed by atoms with Gasteiger partial charge in [-0.3, -0.25) is 9.59 Å². The largest absolute Gasteiger partial charge is 0.342 e. The molecule has 0 radical (unpaired) electrons. The van der Waals surface area contributed by atoms with Gasteiger partial charge < -0.3 is 10.6 Å². The van der Waals surface area contributed by atoms with Crippen molar-refractivity contribution >= 4 is 44.3 Å². The average molecular weight is 384 g/mol. The number of anilines is 1. The van der Waals surface area contributed by atoms with Gasteiger partial charge in [0.15, 0.2) is 0 Å². The molecule has 2 amide bonds. The maximum absolute atomic E-state index is 12.1. The quantitative estimate of drug-likeness (QED) is 0.725. The fourth-order valence-corrected chi connectivity index (χ4v) is 2.58. The summed E-state index contributed by atoms with van der Waals surface area (Å²) in [5.74, 6) is -0.695. The van der Waals surface area contributed by atoms with Crippen LogP contribution in [0.2, 0.25) is 0 Å². The Labute approximate surface area is 147 Å². The molecule has 5 nitrogen and oxygen atoms in total. The Kier molecular flexibility index (Phi) is 4.86. The van der Waals surface area contributed by atoms with Gasteiger partial charge in [0.1, 0.15) is 5.69 Å². The molecule has 6 heteroatoms. The van der Waals surface area contributed by atoms with E-state index >= 15 is 0 Å². The Morgan fingerprint density at radius 3 is 2.54 bits per heavy atom. The zero-order valence-electron chi connectivity index (χ0n) is 12.6. The van der Waals surface area contributed by atoms with E-state index in [2.05, 4.69) is 31.5 Å². The summed E-state index contributed by atoms with van der Waals surface area (Å²) in [7, 11) is 0. The minimum Gasteiger partial charge on any atom is -0.342 e. The van der Waals surface area contributed by atoms with E-state index < -0.39 is 0 Å². The van der Waals surface area contributed by atoms with Crippen LogP contribution in [0.4, 0.5) is 5.69 Å². The number of hydrogen-bond donors (Lipinski definition) is 2. The van der Waals surface area contributed by atoms with Gasteiger partial charge in [-0.2, -0.15) is 0 Å². The fraction of sp³-hybridized carbons (Fsp3) is 0.0556. The number of para-hydroxylation sites is 2. The van der Waals surface area contributed by atoms with Crippen molar-refractivity contribution in [3.8, 4) is 0 Å². The molecule has 0 atom stereocenters. The lowest BCUT2D eigenvalue weighted by atomic mass is 10.2. The second-order valence-electron chi connectivity index (χ2n) is 5.10. The molecule has 24 heavy (non-hydrogen) atoms. The van der Waals surface area contributed by atoms with Crippen molar-refractivity contribution in [1.29, 1.82) is 0 Å². The highest BCUT2D eigenvalue weighted by Crippen LogP contribution is 2.20. The molecule has 0 aliphatic carbocycles. The first kappa shape index (κ1) is 16.1. The standard InChI is InChI=1S/C18H14BrN3O2/c19-13-6-2-4-8-15(13)22-17(23)11-20-18(24)16-10-9-12-5-1-3-7-14(12)21-16/h1-10H,11H2,(H,20,24)(H,22,23). The van der Waals surface area contributed by atoms with Crippen molar-refractivity contribution in [2.45, 2.75) is 0 Å². The normalized spacial score (nSPS) is 10.4. The van der Waals surface area contributed by atoms with Gasteiger partial charge in [-0.25, -0.2) is 4.98 Å². The molecule has 0 aliphatic heterocycles. The SMILES string of the molecule is O=C(CNC(=O)c1ccc2ccccc2n1)Nc1ccccc1Br. The first-order valence-electron chi connectivity index (χ1n) is 7.32. The number of pyridine rings is 1. The third kappa shape index (κ3) is 3.78. The highest BCUT2D eigenvalue weighted by molar-refractivity contribution is 9.10. The van der Waals surface area contributed by atoms with Gasteiger partial charge in [0.25, 0.3) is 5.91 Å². The fourth-order valence-electron chi connectivity index (χ4n) is 2.20. The van der Waals surface area contributed by atoms with Gasteiger partial charge >= 0.3 is 0 Å². The predicted octanol–water partition coefficient (Wildman–Crippen LogP) is 3.37. The molecular formula is C18H14BrN3O2. The van der Waals surface area contributed by atoms with Crippen LogP contribution in [-0.2, 0) is 4.79 Å². The Bertz CT molecular complexity index is 911. The van der Waals surface area contributed by atoms with Crippen LogP contribution in [0, 0.1) is 0 Å². The highest BCUT2D eigenvalue weighted by atomic mass is 79.9. The molecule has 0 saturated carbocycles. The molecule has 1 aromatic heterocycles. The molecule has 3 rings (SSSR count). The number of rotatable bonds is 4. The van der Waals surface area contributed by atoms with Crippen molar-refractivity contribution in [2.75, 3.05) is 11.9 Å².